The molecule has 7 heteroatoms. The Labute approximate surface area is 131 Å². The average molecular weight is 321 g/mol. The number of nitro benzene ring substituents is 1. The van der Waals surface area contributed by atoms with Crippen molar-refractivity contribution >= 4 is 29.0 Å². The number of halogens is 1. The first-order valence-electron chi connectivity index (χ1n) is 6.97. The van der Waals surface area contributed by atoms with Gasteiger partial charge in [-0.05, 0) is 24.5 Å². The molecule has 0 saturated heterocycles. The van der Waals surface area contributed by atoms with E-state index in [2.05, 4.69) is 5.32 Å². The summed E-state index contributed by atoms with van der Waals surface area (Å²) in [6, 6.07) is 4.11. The summed E-state index contributed by atoms with van der Waals surface area (Å²) in [7, 11) is 0. The minimum atomic E-state index is -0.513. The molecule has 0 aromatic heterocycles. The van der Waals surface area contributed by atoms with Crippen molar-refractivity contribution in [1.29, 1.82) is 0 Å². The molecule has 2 aliphatic rings. The van der Waals surface area contributed by atoms with E-state index in [1.807, 2.05) is 0 Å². The smallest absolute Gasteiger partial charge is 0.269 e. The number of rotatable bonds is 2. The number of hydrogen-bond donors (Lipinski definition) is 1. The van der Waals surface area contributed by atoms with Crippen molar-refractivity contribution in [3.63, 3.8) is 0 Å². The summed E-state index contributed by atoms with van der Waals surface area (Å²) in [6.07, 6.45) is 1.84. The molecule has 0 unspecified atom stereocenters. The summed E-state index contributed by atoms with van der Waals surface area (Å²) in [4.78, 5) is 34.6. The molecule has 0 fully saturated rings. The number of carbonyl (C=O) groups is 2. The van der Waals surface area contributed by atoms with E-state index in [9.17, 15) is 19.7 Å². The zero-order valence-electron chi connectivity index (χ0n) is 11.6. The zero-order chi connectivity index (χ0) is 15.9. The molecule has 0 bridgehead atoms. The minimum Gasteiger partial charge on any atom is -0.329 e. The Hall–Kier alpha value is -2.21. The van der Waals surface area contributed by atoms with Crippen LogP contribution in [-0.4, -0.2) is 16.6 Å². The van der Waals surface area contributed by atoms with E-state index >= 15 is 0 Å². The largest absolute Gasteiger partial charge is 0.329 e. The van der Waals surface area contributed by atoms with Crippen LogP contribution >= 0.6 is 11.6 Å². The van der Waals surface area contributed by atoms with Crippen LogP contribution in [0.1, 0.15) is 37.2 Å². The first kappa shape index (κ1) is 14.7. The van der Waals surface area contributed by atoms with Gasteiger partial charge in [0.1, 0.15) is 0 Å². The predicted octanol–water partition coefficient (Wildman–Crippen LogP) is 2.86. The number of allylic oxidation sites excluding steroid dienone is 2. The molecule has 1 aliphatic carbocycles. The van der Waals surface area contributed by atoms with E-state index in [0.717, 1.165) is 0 Å². The molecule has 1 aromatic rings. The maximum absolute atomic E-state index is 12.3. The fourth-order valence-electron chi connectivity index (χ4n) is 3.08. The Balaban J connectivity index is 2.13. The highest BCUT2D eigenvalue weighted by atomic mass is 35.5. The fourth-order valence-corrected chi connectivity index (χ4v) is 3.33. The van der Waals surface area contributed by atoms with Crippen molar-refractivity contribution in [2.75, 3.05) is 0 Å². The first-order chi connectivity index (χ1) is 10.5. The van der Waals surface area contributed by atoms with Crippen LogP contribution in [-0.2, 0) is 9.59 Å². The monoisotopic (exact) mass is 320 g/mol. The van der Waals surface area contributed by atoms with Crippen molar-refractivity contribution < 1.29 is 14.5 Å². The van der Waals surface area contributed by atoms with E-state index in [0.29, 0.717) is 41.1 Å². The summed E-state index contributed by atoms with van der Waals surface area (Å²) in [5.74, 6) is -0.723. The van der Waals surface area contributed by atoms with E-state index in [4.69, 9.17) is 11.6 Å². The number of benzene rings is 1. The molecular weight excluding hydrogens is 308 g/mol. The quantitative estimate of drug-likeness (QED) is 0.670. The lowest BCUT2D eigenvalue weighted by Gasteiger charge is -2.31. The van der Waals surface area contributed by atoms with Gasteiger partial charge in [-0.1, -0.05) is 11.6 Å². The van der Waals surface area contributed by atoms with E-state index in [-0.39, 0.29) is 23.8 Å². The topological polar surface area (TPSA) is 89.3 Å². The first-order valence-corrected chi connectivity index (χ1v) is 7.35. The van der Waals surface area contributed by atoms with Gasteiger partial charge in [-0.25, -0.2) is 0 Å². The third kappa shape index (κ3) is 2.50. The van der Waals surface area contributed by atoms with Gasteiger partial charge in [0.05, 0.1) is 4.92 Å². The molecule has 1 aromatic carbocycles. The molecule has 1 aliphatic heterocycles. The van der Waals surface area contributed by atoms with E-state index in [1.54, 1.807) is 0 Å². The second kappa shape index (κ2) is 5.53. The molecule has 6 nitrogen and oxygen atoms in total. The van der Waals surface area contributed by atoms with Crippen LogP contribution in [0.3, 0.4) is 0 Å². The Bertz CT molecular complexity index is 726. The third-order valence-electron chi connectivity index (χ3n) is 4.05. The normalized spacial score (nSPS) is 21.4. The number of nitrogens with zero attached hydrogens (tertiary/aromatic N) is 1. The van der Waals surface area contributed by atoms with Crippen LogP contribution in [0.4, 0.5) is 5.69 Å². The number of nitrogens with one attached hydrogen (secondary N) is 1. The predicted molar refractivity (Wildman–Crippen MR) is 79.5 cm³/mol. The Morgan fingerprint density at radius 1 is 1.27 bits per heavy atom. The van der Waals surface area contributed by atoms with Gasteiger partial charge in [0.15, 0.2) is 5.78 Å². The highest BCUT2D eigenvalue weighted by molar-refractivity contribution is 6.31. The number of nitro groups is 1. The maximum atomic E-state index is 12.3. The van der Waals surface area contributed by atoms with Crippen LogP contribution in [0.15, 0.2) is 29.5 Å². The van der Waals surface area contributed by atoms with Crippen LogP contribution in [0.25, 0.3) is 0 Å². The molecular formula is C15H13ClN2O4. The Kier molecular flexibility index (Phi) is 3.70. The average Bonchev–Trinajstić information content (AvgIpc) is 2.46. The van der Waals surface area contributed by atoms with Crippen molar-refractivity contribution in [3.8, 4) is 0 Å². The molecule has 0 radical (unpaired) electrons. The highest BCUT2D eigenvalue weighted by Gasteiger charge is 2.36. The van der Waals surface area contributed by atoms with Crippen LogP contribution in [0.2, 0.25) is 5.02 Å². The van der Waals surface area contributed by atoms with Crippen LogP contribution in [0.5, 0.6) is 0 Å². The summed E-state index contributed by atoms with van der Waals surface area (Å²) >= 11 is 6.17. The van der Waals surface area contributed by atoms with Gasteiger partial charge in [-0.3, -0.25) is 19.7 Å². The summed E-state index contributed by atoms with van der Waals surface area (Å²) in [6.45, 7) is 0. The zero-order valence-corrected chi connectivity index (χ0v) is 12.4. The standard InChI is InChI=1S/C15H13ClN2O4/c16-11-5-4-8(18(21)22)6-9(11)10-7-14(20)17-12-2-1-3-13(19)15(10)12/h4-6,10H,1-3,7H2,(H,17,20)/t10-/m1/s1. The Morgan fingerprint density at radius 2 is 2.05 bits per heavy atom. The van der Waals surface area contributed by atoms with Gasteiger partial charge >= 0.3 is 0 Å². The van der Waals surface area contributed by atoms with Gasteiger partial charge < -0.3 is 5.32 Å². The summed E-state index contributed by atoms with van der Waals surface area (Å²) < 4.78 is 0. The summed E-state index contributed by atoms with van der Waals surface area (Å²) in [5, 5.41) is 14.0. The number of ketones is 1. The third-order valence-corrected chi connectivity index (χ3v) is 4.39. The van der Waals surface area contributed by atoms with Crippen molar-refractivity contribution in [2.45, 2.75) is 31.6 Å². The number of hydrogen-bond acceptors (Lipinski definition) is 4. The molecule has 1 atom stereocenters. The Morgan fingerprint density at radius 3 is 2.77 bits per heavy atom. The van der Waals surface area contributed by atoms with Crippen molar-refractivity contribution in [1.82, 2.24) is 5.32 Å². The number of amides is 1. The second-order valence-electron chi connectivity index (χ2n) is 5.44. The van der Waals surface area contributed by atoms with Gasteiger partial charge in [0.25, 0.3) is 5.69 Å². The number of non-ortho nitro benzene ring substituents is 1. The molecule has 3 rings (SSSR count). The maximum Gasteiger partial charge on any atom is 0.269 e. The highest BCUT2D eigenvalue weighted by Crippen LogP contribution is 2.41. The van der Waals surface area contributed by atoms with Gasteiger partial charge in [0.2, 0.25) is 5.91 Å². The van der Waals surface area contributed by atoms with Gasteiger partial charge in [0, 0.05) is 47.2 Å². The molecule has 1 heterocycles. The van der Waals surface area contributed by atoms with Gasteiger partial charge in [-0.2, -0.15) is 0 Å². The number of carbonyl (C=O) groups excluding carboxylic acids is 2. The van der Waals surface area contributed by atoms with E-state index in [1.165, 1.54) is 18.2 Å². The molecule has 1 N–H and O–H groups in total. The number of Topliss-reactive ketones (excluding diaryl/α,β-unsaturated/α-hetero) is 1. The van der Waals surface area contributed by atoms with Crippen LogP contribution in [0, 0.1) is 10.1 Å². The van der Waals surface area contributed by atoms with Crippen LogP contribution < -0.4 is 5.32 Å². The lowest BCUT2D eigenvalue weighted by atomic mass is 9.78. The van der Waals surface area contributed by atoms with Crippen molar-refractivity contribution in [3.05, 3.63) is 50.2 Å². The minimum absolute atomic E-state index is 0.0196. The van der Waals surface area contributed by atoms with Gasteiger partial charge in [-0.15, -0.1) is 0 Å². The lowest BCUT2D eigenvalue weighted by molar-refractivity contribution is -0.384. The molecule has 0 spiro atoms. The summed E-state index contributed by atoms with van der Waals surface area (Å²) in [5.41, 5.74) is 1.55. The molecule has 1 amide bonds. The van der Waals surface area contributed by atoms with E-state index < -0.39 is 10.8 Å². The van der Waals surface area contributed by atoms with Crippen molar-refractivity contribution in [2.24, 2.45) is 0 Å². The molecule has 114 valence electrons. The molecule has 22 heavy (non-hydrogen) atoms. The second-order valence-corrected chi connectivity index (χ2v) is 5.84. The fraction of sp³-hybridized carbons (Fsp3) is 0.333. The lowest BCUT2D eigenvalue weighted by Crippen LogP contribution is -2.36. The molecule has 0 saturated carbocycles. The SMILES string of the molecule is O=C1C[C@H](c2cc([N+](=O)[O-])ccc2Cl)C2=C(CCCC2=O)N1.